The molecule has 0 bridgehead atoms. The normalized spacial score (nSPS) is 16.7. The molecule has 7 heteroatoms. The number of hydrogen-bond acceptors (Lipinski definition) is 4. The third-order valence-electron chi connectivity index (χ3n) is 4.79. The fourth-order valence-electron chi connectivity index (χ4n) is 3.37. The van der Waals surface area contributed by atoms with E-state index < -0.39 is 0 Å². The van der Waals surface area contributed by atoms with Crippen LogP contribution < -0.4 is 5.69 Å². The number of carbonyl (C=O) groups is 1. The molecule has 1 atom stereocenters. The predicted octanol–water partition coefficient (Wildman–Crippen LogP) is 2.34. The number of amides is 1. The van der Waals surface area contributed by atoms with Gasteiger partial charge in [-0.1, -0.05) is 13.3 Å². The summed E-state index contributed by atoms with van der Waals surface area (Å²) in [5.74, 6) is 0.832. The second-order valence-electron chi connectivity index (χ2n) is 6.79. The van der Waals surface area contributed by atoms with Crippen molar-refractivity contribution in [2.75, 3.05) is 6.54 Å². The number of carbonyl (C=O) groups excluding carboxylic acids is 1. The van der Waals surface area contributed by atoms with Crippen LogP contribution in [-0.2, 0) is 31.4 Å². The molecule has 2 aromatic rings. The molecule has 0 N–H and O–H groups in total. The van der Waals surface area contributed by atoms with Crippen LogP contribution in [0.3, 0.4) is 0 Å². The van der Waals surface area contributed by atoms with Crippen LogP contribution in [0.25, 0.3) is 0 Å². The van der Waals surface area contributed by atoms with Crippen LogP contribution in [-0.4, -0.2) is 31.7 Å². The minimum absolute atomic E-state index is 0.124. The molecule has 25 heavy (non-hydrogen) atoms. The van der Waals surface area contributed by atoms with E-state index in [-0.39, 0.29) is 17.5 Å². The largest absolute Gasteiger partial charge is 0.345 e. The van der Waals surface area contributed by atoms with Crippen molar-refractivity contribution >= 4 is 17.2 Å². The molecule has 0 aliphatic carbocycles. The number of aryl methyl sites for hydroxylation is 3. The molecule has 3 heterocycles. The number of thiophene rings is 1. The van der Waals surface area contributed by atoms with E-state index in [2.05, 4.69) is 31.1 Å². The zero-order valence-electron chi connectivity index (χ0n) is 15.2. The van der Waals surface area contributed by atoms with Gasteiger partial charge in [0.25, 0.3) is 0 Å². The minimum atomic E-state index is -0.132. The van der Waals surface area contributed by atoms with Crippen molar-refractivity contribution < 1.29 is 4.79 Å². The van der Waals surface area contributed by atoms with Gasteiger partial charge in [-0.3, -0.25) is 9.36 Å². The first kappa shape index (κ1) is 17.9. The highest BCUT2D eigenvalue weighted by Crippen LogP contribution is 2.23. The fourth-order valence-corrected chi connectivity index (χ4v) is 4.28. The first-order valence-electron chi connectivity index (χ1n) is 8.96. The maximum atomic E-state index is 13.1. The van der Waals surface area contributed by atoms with Crippen molar-refractivity contribution in [2.45, 2.75) is 52.6 Å². The molecule has 1 unspecified atom stereocenters. The van der Waals surface area contributed by atoms with Gasteiger partial charge in [0.1, 0.15) is 5.82 Å². The monoisotopic (exact) mass is 362 g/mol. The molecule has 0 spiro atoms. The average molecular weight is 362 g/mol. The van der Waals surface area contributed by atoms with Crippen molar-refractivity contribution in [3.8, 4) is 0 Å². The quantitative estimate of drug-likeness (QED) is 0.792. The van der Waals surface area contributed by atoms with Crippen molar-refractivity contribution in [3.05, 3.63) is 38.2 Å². The van der Waals surface area contributed by atoms with Crippen LogP contribution in [0.15, 0.2) is 16.9 Å². The molecule has 1 aliphatic rings. The first-order valence-corrected chi connectivity index (χ1v) is 9.78. The van der Waals surface area contributed by atoms with Gasteiger partial charge in [-0.2, -0.15) is 5.10 Å². The lowest BCUT2D eigenvalue weighted by atomic mass is 9.97. The summed E-state index contributed by atoms with van der Waals surface area (Å²) in [4.78, 5) is 29.8. The van der Waals surface area contributed by atoms with Gasteiger partial charge < -0.3 is 4.90 Å². The Morgan fingerprint density at radius 1 is 1.44 bits per heavy atom. The molecule has 0 radical (unpaired) electrons. The average Bonchev–Trinajstić information content (AvgIpc) is 3.14. The minimum Gasteiger partial charge on any atom is -0.337 e. The third-order valence-corrected chi connectivity index (χ3v) is 5.77. The Morgan fingerprint density at radius 3 is 2.92 bits per heavy atom. The van der Waals surface area contributed by atoms with E-state index in [0.717, 1.165) is 31.6 Å². The predicted molar refractivity (Wildman–Crippen MR) is 98.7 cm³/mol. The Morgan fingerprint density at radius 2 is 2.24 bits per heavy atom. The zero-order valence-corrected chi connectivity index (χ0v) is 16.0. The summed E-state index contributed by atoms with van der Waals surface area (Å²) in [6, 6.07) is 4.21. The summed E-state index contributed by atoms with van der Waals surface area (Å²) in [5.41, 5.74) is -0.124. The number of unbranched alkanes of at least 4 members (excludes halogenated alkanes) is 1. The van der Waals surface area contributed by atoms with Crippen LogP contribution in [0.2, 0.25) is 0 Å². The van der Waals surface area contributed by atoms with Crippen molar-refractivity contribution in [1.82, 2.24) is 19.2 Å². The standard InChI is InChI=1S/C18H26N4O2S/c1-4-5-10-21(12-15-8-6-13(2)25-15)17(23)14-7-9-16-19-20(3)18(24)22(16)11-14/h6,8,14H,4-5,7,9-12H2,1-3H3. The van der Waals surface area contributed by atoms with E-state index in [4.69, 9.17) is 0 Å². The number of fused-ring (bicyclic) bond motifs is 1. The summed E-state index contributed by atoms with van der Waals surface area (Å²) < 4.78 is 3.03. The maximum absolute atomic E-state index is 13.1. The van der Waals surface area contributed by atoms with Gasteiger partial charge in [-0.25, -0.2) is 9.48 Å². The second kappa shape index (κ2) is 7.56. The smallest absolute Gasteiger partial charge is 0.337 e. The summed E-state index contributed by atoms with van der Waals surface area (Å²) in [6.07, 6.45) is 3.51. The lowest BCUT2D eigenvalue weighted by molar-refractivity contribution is -0.137. The Balaban J connectivity index is 1.75. The molecule has 0 aromatic carbocycles. The van der Waals surface area contributed by atoms with Gasteiger partial charge in [0, 0.05) is 36.3 Å². The molecule has 136 valence electrons. The van der Waals surface area contributed by atoms with Crippen LogP contribution in [0.4, 0.5) is 0 Å². The summed E-state index contributed by atoms with van der Waals surface area (Å²) in [5, 5.41) is 4.25. The van der Waals surface area contributed by atoms with E-state index in [1.807, 2.05) is 4.90 Å². The topological polar surface area (TPSA) is 60.1 Å². The SMILES string of the molecule is CCCCN(Cc1ccc(C)s1)C(=O)C1CCc2nn(C)c(=O)n2C1. The van der Waals surface area contributed by atoms with E-state index in [1.54, 1.807) is 23.0 Å². The summed E-state index contributed by atoms with van der Waals surface area (Å²) in [6.45, 7) is 6.12. The lowest BCUT2D eigenvalue weighted by Crippen LogP contribution is -2.41. The van der Waals surface area contributed by atoms with Gasteiger partial charge in [0.05, 0.1) is 12.5 Å². The Hall–Kier alpha value is -1.89. The van der Waals surface area contributed by atoms with Crippen molar-refractivity contribution in [2.24, 2.45) is 13.0 Å². The van der Waals surface area contributed by atoms with Crippen molar-refractivity contribution in [3.63, 3.8) is 0 Å². The van der Waals surface area contributed by atoms with Crippen LogP contribution >= 0.6 is 11.3 Å². The van der Waals surface area contributed by atoms with E-state index >= 15 is 0 Å². The molecule has 0 fully saturated rings. The van der Waals surface area contributed by atoms with E-state index in [1.165, 1.54) is 14.4 Å². The van der Waals surface area contributed by atoms with Gasteiger partial charge in [-0.05, 0) is 31.9 Å². The number of aromatic nitrogens is 3. The lowest BCUT2D eigenvalue weighted by Gasteiger charge is -2.29. The van der Waals surface area contributed by atoms with Gasteiger partial charge in [0.15, 0.2) is 0 Å². The molecule has 1 amide bonds. The highest BCUT2D eigenvalue weighted by Gasteiger charge is 2.30. The van der Waals surface area contributed by atoms with Gasteiger partial charge in [0.2, 0.25) is 5.91 Å². The van der Waals surface area contributed by atoms with Crippen molar-refractivity contribution in [1.29, 1.82) is 0 Å². The van der Waals surface area contributed by atoms with Crippen LogP contribution in [0, 0.1) is 12.8 Å². The third kappa shape index (κ3) is 3.86. The summed E-state index contributed by atoms with van der Waals surface area (Å²) >= 11 is 1.75. The Bertz CT molecular complexity index is 804. The van der Waals surface area contributed by atoms with E-state index in [9.17, 15) is 9.59 Å². The van der Waals surface area contributed by atoms with Crippen LogP contribution in [0.1, 0.15) is 41.8 Å². The molecular formula is C18H26N4O2S. The zero-order chi connectivity index (χ0) is 18.0. The highest BCUT2D eigenvalue weighted by atomic mass is 32.1. The summed E-state index contributed by atoms with van der Waals surface area (Å²) in [7, 11) is 1.66. The molecule has 1 aliphatic heterocycles. The number of rotatable bonds is 6. The van der Waals surface area contributed by atoms with E-state index in [0.29, 0.717) is 19.5 Å². The number of hydrogen-bond donors (Lipinski definition) is 0. The highest BCUT2D eigenvalue weighted by molar-refractivity contribution is 7.11. The molecule has 2 aromatic heterocycles. The fraction of sp³-hybridized carbons (Fsp3) is 0.611. The number of nitrogens with zero attached hydrogens (tertiary/aromatic N) is 4. The van der Waals surface area contributed by atoms with Gasteiger partial charge >= 0.3 is 5.69 Å². The maximum Gasteiger partial charge on any atom is 0.345 e. The van der Waals surface area contributed by atoms with Gasteiger partial charge in [-0.15, -0.1) is 11.3 Å². The Kier molecular flexibility index (Phi) is 5.42. The first-order chi connectivity index (χ1) is 12.0. The molecular weight excluding hydrogens is 336 g/mol. The molecule has 0 saturated carbocycles. The second-order valence-corrected chi connectivity index (χ2v) is 8.17. The molecule has 6 nitrogen and oxygen atoms in total. The van der Waals surface area contributed by atoms with Crippen LogP contribution in [0.5, 0.6) is 0 Å². The molecule has 3 rings (SSSR count). The molecule has 0 saturated heterocycles. The Labute approximate surface area is 152 Å².